The van der Waals surface area contributed by atoms with Crippen LogP contribution in [0.25, 0.3) is 0 Å². The number of hydrogen-bond acceptors (Lipinski definition) is 3. The van der Waals surface area contributed by atoms with Crippen LogP contribution in [0.4, 0.5) is 13.2 Å². The topological polar surface area (TPSA) is 43.7 Å². The zero-order chi connectivity index (χ0) is 22.2. The molecule has 2 aromatic carbocycles. The molecule has 1 unspecified atom stereocenters. The SMILES string of the molecule is COc1ccccc1C1c2cccn2CCN1C(=O)c1ccc(OC)c(C(F)(F)F)c1. The number of alkyl halides is 3. The number of amides is 1. The van der Waals surface area contributed by atoms with Gasteiger partial charge in [-0.25, -0.2) is 0 Å². The number of halogens is 3. The molecule has 4 rings (SSSR count). The van der Waals surface area contributed by atoms with Crippen molar-refractivity contribution < 1.29 is 27.4 Å². The largest absolute Gasteiger partial charge is 0.496 e. The van der Waals surface area contributed by atoms with E-state index in [9.17, 15) is 18.0 Å². The number of fused-ring (bicyclic) bond motifs is 1. The zero-order valence-electron chi connectivity index (χ0n) is 17.0. The molecule has 0 saturated carbocycles. The quantitative estimate of drug-likeness (QED) is 0.599. The minimum atomic E-state index is -4.64. The predicted octanol–water partition coefficient (Wildman–Crippen LogP) is 4.77. The maximum atomic E-state index is 13.5. The number of para-hydroxylation sites is 1. The van der Waals surface area contributed by atoms with Crippen molar-refractivity contribution in [3.8, 4) is 11.5 Å². The number of aromatic nitrogens is 1. The monoisotopic (exact) mass is 430 g/mol. The van der Waals surface area contributed by atoms with E-state index in [-0.39, 0.29) is 11.3 Å². The highest BCUT2D eigenvalue weighted by Gasteiger charge is 2.38. The van der Waals surface area contributed by atoms with Crippen LogP contribution in [-0.4, -0.2) is 36.1 Å². The summed E-state index contributed by atoms with van der Waals surface area (Å²) in [5.41, 5.74) is 0.610. The van der Waals surface area contributed by atoms with Crippen molar-refractivity contribution in [3.63, 3.8) is 0 Å². The van der Waals surface area contributed by atoms with Gasteiger partial charge in [0.05, 0.1) is 19.8 Å². The number of rotatable bonds is 4. The van der Waals surface area contributed by atoms with E-state index in [2.05, 4.69) is 0 Å². The van der Waals surface area contributed by atoms with Crippen molar-refractivity contribution in [2.24, 2.45) is 0 Å². The number of methoxy groups -OCH3 is 2. The van der Waals surface area contributed by atoms with Gasteiger partial charge in [-0.2, -0.15) is 13.2 Å². The Hall–Kier alpha value is -3.42. The first-order valence-electron chi connectivity index (χ1n) is 9.69. The van der Waals surface area contributed by atoms with Crippen molar-refractivity contribution in [1.82, 2.24) is 9.47 Å². The van der Waals surface area contributed by atoms with Crippen molar-refractivity contribution in [2.75, 3.05) is 20.8 Å². The molecule has 3 aromatic rings. The smallest absolute Gasteiger partial charge is 0.419 e. The second-order valence-corrected chi connectivity index (χ2v) is 7.18. The summed E-state index contributed by atoms with van der Waals surface area (Å²) in [5.74, 6) is -0.208. The van der Waals surface area contributed by atoms with Gasteiger partial charge in [0.25, 0.3) is 5.91 Å². The molecule has 0 bridgehead atoms. The highest BCUT2D eigenvalue weighted by Crippen LogP contribution is 2.40. The lowest BCUT2D eigenvalue weighted by molar-refractivity contribution is -0.138. The van der Waals surface area contributed by atoms with Gasteiger partial charge in [0, 0.05) is 36.1 Å². The second kappa shape index (κ2) is 8.02. The zero-order valence-corrected chi connectivity index (χ0v) is 17.0. The third-order valence-electron chi connectivity index (χ3n) is 5.48. The third-order valence-corrected chi connectivity index (χ3v) is 5.48. The van der Waals surface area contributed by atoms with E-state index in [4.69, 9.17) is 9.47 Å². The van der Waals surface area contributed by atoms with E-state index in [0.717, 1.165) is 17.3 Å². The second-order valence-electron chi connectivity index (χ2n) is 7.18. The molecule has 0 spiro atoms. The van der Waals surface area contributed by atoms with Crippen LogP contribution in [0.2, 0.25) is 0 Å². The van der Waals surface area contributed by atoms with Gasteiger partial charge in [-0.05, 0) is 36.4 Å². The summed E-state index contributed by atoms with van der Waals surface area (Å²) in [6.07, 6.45) is -2.71. The molecule has 2 heterocycles. The van der Waals surface area contributed by atoms with Crippen LogP contribution in [0, 0.1) is 0 Å². The summed E-state index contributed by atoms with van der Waals surface area (Å²) in [7, 11) is 2.72. The Balaban J connectivity index is 1.80. The first-order chi connectivity index (χ1) is 14.8. The van der Waals surface area contributed by atoms with E-state index < -0.39 is 23.7 Å². The van der Waals surface area contributed by atoms with Crippen LogP contribution >= 0.6 is 0 Å². The van der Waals surface area contributed by atoms with Gasteiger partial charge in [-0.1, -0.05) is 18.2 Å². The molecular formula is C23H21F3N2O3. The van der Waals surface area contributed by atoms with E-state index in [1.165, 1.54) is 19.2 Å². The number of carbonyl (C=O) groups excluding carboxylic acids is 1. The molecule has 1 atom stereocenters. The summed E-state index contributed by atoms with van der Waals surface area (Å²) < 4.78 is 52.9. The van der Waals surface area contributed by atoms with Crippen LogP contribution in [0.5, 0.6) is 11.5 Å². The Morgan fingerprint density at radius 3 is 2.42 bits per heavy atom. The van der Waals surface area contributed by atoms with Crippen LogP contribution in [0.3, 0.4) is 0 Å². The van der Waals surface area contributed by atoms with Crippen LogP contribution in [0.1, 0.15) is 33.2 Å². The Morgan fingerprint density at radius 2 is 1.71 bits per heavy atom. The normalized spacial score (nSPS) is 16.0. The standard InChI is InChI=1S/C23H21F3N2O3/c1-30-19-8-4-3-6-16(19)21-18-7-5-11-27(18)12-13-28(21)22(29)15-9-10-20(31-2)17(14-15)23(24,25)26/h3-11,14,21H,12-13H2,1-2H3. The van der Waals surface area contributed by atoms with Gasteiger partial charge in [-0.3, -0.25) is 4.79 Å². The molecule has 162 valence electrons. The average Bonchev–Trinajstić information content (AvgIpc) is 3.25. The summed E-state index contributed by atoms with van der Waals surface area (Å²) in [6, 6.07) is 14.0. The molecule has 1 aliphatic heterocycles. The number of nitrogens with zero attached hydrogens (tertiary/aromatic N) is 2. The highest BCUT2D eigenvalue weighted by molar-refractivity contribution is 5.95. The van der Waals surface area contributed by atoms with Gasteiger partial charge in [0.2, 0.25) is 0 Å². The summed E-state index contributed by atoms with van der Waals surface area (Å²) in [5, 5.41) is 0. The Labute approximate surface area is 177 Å². The number of carbonyl (C=O) groups is 1. The van der Waals surface area contributed by atoms with Crippen molar-refractivity contribution in [1.29, 1.82) is 0 Å². The van der Waals surface area contributed by atoms with Gasteiger partial charge in [0.15, 0.2) is 0 Å². The third kappa shape index (κ3) is 3.73. The lowest BCUT2D eigenvalue weighted by atomic mass is 9.97. The molecule has 5 nitrogen and oxygen atoms in total. The van der Waals surface area contributed by atoms with Crippen molar-refractivity contribution >= 4 is 5.91 Å². The molecular weight excluding hydrogens is 409 g/mol. The minimum absolute atomic E-state index is 0.0481. The number of hydrogen-bond donors (Lipinski definition) is 0. The van der Waals surface area contributed by atoms with E-state index in [1.54, 1.807) is 18.1 Å². The van der Waals surface area contributed by atoms with Crippen LogP contribution in [-0.2, 0) is 12.7 Å². The Kier molecular flexibility index (Phi) is 5.39. The highest BCUT2D eigenvalue weighted by atomic mass is 19.4. The molecule has 1 aliphatic rings. The maximum absolute atomic E-state index is 13.5. The van der Waals surface area contributed by atoms with Gasteiger partial charge in [0.1, 0.15) is 17.5 Å². The van der Waals surface area contributed by atoms with Gasteiger partial charge < -0.3 is 18.9 Å². The number of benzene rings is 2. The summed E-state index contributed by atoms with van der Waals surface area (Å²) in [6.45, 7) is 0.888. The fourth-order valence-corrected chi connectivity index (χ4v) is 4.05. The lowest BCUT2D eigenvalue weighted by Gasteiger charge is -2.38. The first kappa shape index (κ1) is 20.8. The fourth-order valence-electron chi connectivity index (χ4n) is 4.05. The molecule has 1 aromatic heterocycles. The van der Waals surface area contributed by atoms with Crippen molar-refractivity contribution in [2.45, 2.75) is 18.8 Å². The first-order valence-corrected chi connectivity index (χ1v) is 9.69. The van der Waals surface area contributed by atoms with Gasteiger partial charge >= 0.3 is 6.18 Å². The fraction of sp³-hybridized carbons (Fsp3) is 0.261. The number of ether oxygens (including phenoxy) is 2. The van der Waals surface area contributed by atoms with Crippen LogP contribution in [0.15, 0.2) is 60.8 Å². The van der Waals surface area contributed by atoms with E-state index in [1.807, 2.05) is 41.1 Å². The minimum Gasteiger partial charge on any atom is -0.496 e. The molecule has 31 heavy (non-hydrogen) atoms. The van der Waals surface area contributed by atoms with E-state index >= 15 is 0 Å². The molecule has 0 aliphatic carbocycles. The van der Waals surface area contributed by atoms with Gasteiger partial charge in [-0.15, -0.1) is 0 Å². The lowest BCUT2D eigenvalue weighted by Crippen LogP contribution is -2.42. The predicted molar refractivity (Wildman–Crippen MR) is 108 cm³/mol. The van der Waals surface area contributed by atoms with Crippen molar-refractivity contribution in [3.05, 3.63) is 83.2 Å². The molecule has 8 heteroatoms. The maximum Gasteiger partial charge on any atom is 0.419 e. The molecule has 1 amide bonds. The molecule has 0 fully saturated rings. The molecule has 0 radical (unpaired) electrons. The van der Waals surface area contributed by atoms with E-state index in [0.29, 0.717) is 18.8 Å². The molecule has 0 saturated heterocycles. The Morgan fingerprint density at radius 1 is 0.968 bits per heavy atom. The summed E-state index contributed by atoms with van der Waals surface area (Å²) >= 11 is 0. The Bertz CT molecular complexity index is 1110. The summed E-state index contributed by atoms with van der Waals surface area (Å²) in [4.78, 5) is 15.1. The molecule has 0 N–H and O–H groups in total. The van der Waals surface area contributed by atoms with Crippen LogP contribution < -0.4 is 9.47 Å². The average molecular weight is 430 g/mol.